The van der Waals surface area contributed by atoms with Crippen molar-refractivity contribution in [1.82, 2.24) is 9.38 Å². The van der Waals surface area contributed by atoms with Crippen LogP contribution in [0.15, 0.2) is 24.4 Å². The zero-order valence-electron chi connectivity index (χ0n) is 11.5. The highest BCUT2D eigenvalue weighted by molar-refractivity contribution is 5.93. The summed E-state index contributed by atoms with van der Waals surface area (Å²) in [5.41, 5.74) is 0.884. The summed E-state index contributed by atoms with van der Waals surface area (Å²) >= 11 is 0. The summed E-state index contributed by atoms with van der Waals surface area (Å²) in [6.45, 7) is 2.22. The van der Waals surface area contributed by atoms with Gasteiger partial charge in [0.1, 0.15) is 5.65 Å². The maximum Gasteiger partial charge on any atom is 0.356 e. The SMILES string of the molecule is CC1CCCCC1Nc1nc2ccccn2c1C(=O)O. The van der Waals surface area contributed by atoms with Crippen LogP contribution in [0.1, 0.15) is 43.1 Å². The molecule has 3 rings (SSSR count). The number of aromatic nitrogens is 2. The predicted molar refractivity (Wildman–Crippen MR) is 77.2 cm³/mol. The molecule has 0 spiro atoms. The van der Waals surface area contributed by atoms with Gasteiger partial charge in [-0.3, -0.25) is 4.40 Å². The molecular formula is C15H19N3O2. The van der Waals surface area contributed by atoms with Crippen molar-refractivity contribution in [3.05, 3.63) is 30.1 Å². The second kappa shape index (κ2) is 5.15. The molecule has 0 saturated heterocycles. The van der Waals surface area contributed by atoms with Gasteiger partial charge in [-0.05, 0) is 30.9 Å². The first-order valence-corrected chi connectivity index (χ1v) is 7.13. The van der Waals surface area contributed by atoms with E-state index >= 15 is 0 Å². The van der Waals surface area contributed by atoms with Gasteiger partial charge in [0.05, 0.1) is 0 Å². The topological polar surface area (TPSA) is 66.6 Å². The summed E-state index contributed by atoms with van der Waals surface area (Å²) in [7, 11) is 0. The van der Waals surface area contributed by atoms with Crippen molar-refractivity contribution < 1.29 is 9.90 Å². The Labute approximate surface area is 117 Å². The molecule has 5 heteroatoms. The molecular weight excluding hydrogens is 254 g/mol. The summed E-state index contributed by atoms with van der Waals surface area (Å²) in [6.07, 6.45) is 6.46. The number of carbonyl (C=O) groups is 1. The van der Waals surface area contributed by atoms with E-state index in [0.717, 1.165) is 6.42 Å². The molecule has 2 aromatic heterocycles. The number of fused-ring (bicyclic) bond motifs is 1. The number of aromatic carboxylic acids is 1. The molecule has 1 aliphatic rings. The van der Waals surface area contributed by atoms with Crippen LogP contribution in [0.5, 0.6) is 0 Å². The van der Waals surface area contributed by atoms with Gasteiger partial charge in [0.15, 0.2) is 11.5 Å². The molecule has 2 unspecified atom stereocenters. The third-order valence-corrected chi connectivity index (χ3v) is 4.17. The molecule has 2 heterocycles. The molecule has 0 aromatic carbocycles. The van der Waals surface area contributed by atoms with E-state index in [2.05, 4.69) is 17.2 Å². The van der Waals surface area contributed by atoms with Gasteiger partial charge in [-0.1, -0.05) is 25.8 Å². The second-order valence-corrected chi connectivity index (χ2v) is 5.56. The Morgan fingerprint density at radius 1 is 1.40 bits per heavy atom. The molecule has 2 aromatic rings. The number of carboxylic acids is 1. The first kappa shape index (κ1) is 13.0. The highest BCUT2D eigenvalue weighted by Crippen LogP contribution is 2.28. The number of hydrogen-bond acceptors (Lipinski definition) is 3. The fourth-order valence-electron chi connectivity index (χ4n) is 3.01. The zero-order valence-corrected chi connectivity index (χ0v) is 11.5. The van der Waals surface area contributed by atoms with Gasteiger partial charge < -0.3 is 10.4 Å². The first-order valence-electron chi connectivity index (χ1n) is 7.13. The maximum atomic E-state index is 11.5. The van der Waals surface area contributed by atoms with Crippen LogP contribution in [0.4, 0.5) is 5.82 Å². The van der Waals surface area contributed by atoms with Crippen LogP contribution in [0, 0.1) is 5.92 Å². The Morgan fingerprint density at radius 2 is 2.20 bits per heavy atom. The molecule has 0 radical (unpaired) electrons. The normalized spacial score (nSPS) is 22.9. The third kappa shape index (κ3) is 2.24. The largest absolute Gasteiger partial charge is 0.476 e. The monoisotopic (exact) mass is 273 g/mol. The van der Waals surface area contributed by atoms with E-state index in [-0.39, 0.29) is 5.69 Å². The molecule has 1 fully saturated rings. The molecule has 2 N–H and O–H groups in total. The average molecular weight is 273 g/mol. The number of nitrogens with zero attached hydrogens (tertiary/aromatic N) is 2. The predicted octanol–water partition coefficient (Wildman–Crippen LogP) is 3.02. The smallest absolute Gasteiger partial charge is 0.356 e. The van der Waals surface area contributed by atoms with E-state index in [1.165, 1.54) is 19.3 Å². The molecule has 1 aliphatic carbocycles. The molecule has 2 atom stereocenters. The molecule has 5 nitrogen and oxygen atoms in total. The zero-order chi connectivity index (χ0) is 14.1. The molecule has 0 bridgehead atoms. The van der Waals surface area contributed by atoms with E-state index < -0.39 is 5.97 Å². The Bertz CT molecular complexity index is 635. The van der Waals surface area contributed by atoms with Gasteiger partial charge in [0.2, 0.25) is 0 Å². The number of pyridine rings is 1. The van der Waals surface area contributed by atoms with Crippen LogP contribution in [0.25, 0.3) is 5.65 Å². The van der Waals surface area contributed by atoms with Gasteiger partial charge in [0.25, 0.3) is 0 Å². The highest BCUT2D eigenvalue weighted by atomic mass is 16.4. The fraction of sp³-hybridized carbons (Fsp3) is 0.467. The van der Waals surface area contributed by atoms with Crippen molar-refractivity contribution in [3.8, 4) is 0 Å². The molecule has 106 valence electrons. The number of hydrogen-bond donors (Lipinski definition) is 2. The second-order valence-electron chi connectivity index (χ2n) is 5.56. The Hall–Kier alpha value is -2.04. The van der Waals surface area contributed by atoms with Crippen LogP contribution in [0.3, 0.4) is 0 Å². The molecule has 0 aliphatic heterocycles. The first-order chi connectivity index (χ1) is 9.66. The van der Waals surface area contributed by atoms with Gasteiger partial charge in [0, 0.05) is 12.2 Å². The number of carboxylic acid groups (broad SMARTS) is 1. The van der Waals surface area contributed by atoms with Crippen molar-refractivity contribution in [1.29, 1.82) is 0 Å². The number of nitrogens with one attached hydrogen (secondary N) is 1. The van der Waals surface area contributed by atoms with Crippen LogP contribution in [-0.2, 0) is 0 Å². The fourth-order valence-corrected chi connectivity index (χ4v) is 3.01. The Kier molecular flexibility index (Phi) is 3.34. The number of imidazole rings is 1. The van der Waals surface area contributed by atoms with Crippen LogP contribution < -0.4 is 5.32 Å². The minimum Gasteiger partial charge on any atom is -0.476 e. The van der Waals surface area contributed by atoms with Crippen LogP contribution in [0.2, 0.25) is 0 Å². The van der Waals surface area contributed by atoms with E-state index in [9.17, 15) is 9.90 Å². The van der Waals surface area contributed by atoms with E-state index in [1.807, 2.05) is 18.2 Å². The lowest BCUT2D eigenvalue weighted by Gasteiger charge is -2.29. The van der Waals surface area contributed by atoms with Crippen molar-refractivity contribution in [2.24, 2.45) is 5.92 Å². The van der Waals surface area contributed by atoms with Crippen molar-refractivity contribution in [2.75, 3.05) is 5.32 Å². The molecule has 20 heavy (non-hydrogen) atoms. The van der Waals surface area contributed by atoms with E-state index in [4.69, 9.17) is 0 Å². The minimum absolute atomic E-state index is 0.221. The lowest BCUT2D eigenvalue weighted by Crippen LogP contribution is -2.31. The molecule has 1 saturated carbocycles. The van der Waals surface area contributed by atoms with Crippen molar-refractivity contribution >= 4 is 17.4 Å². The van der Waals surface area contributed by atoms with E-state index in [0.29, 0.717) is 23.4 Å². The average Bonchev–Trinajstić information content (AvgIpc) is 2.79. The van der Waals surface area contributed by atoms with Crippen molar-refractivity contribution in [3.63, 3.8) is 0 Å². The maximum absolute atomic E-state index is 11.5. The molecule has 0 amide bonds. The standard InChI is InChI=1S/C15H19N3O2/c1-10-6-2-3-7-11(10)16-14-13(15(19)20)18-9-5-4-8-12(18)17-14/h4-5,8-11,16H,2-3,6-7H2,1H3,(H,19,20). The number of rotatable bonds is 3. The van der Waals surface area contributed by atoms with Gasteiger partial charge in [-0.2, -0.15) is 0 Å². The summed E-state index contributed by atoms with van der Waals surface area (Å²) in [5.74, 6) is 0.0901. The van der Waals surface area contributed by atoms with Gasteiger partial charge >= 0.3 is 5.97 Å². The van der Waals surface area contributed by atoms with Gasteiger partial charge in [-0.25, -0.2) is 9.78 Å². The van der Waals surface area contributed by atoms with E-state index in [1.54, 1.807) is 10.6 Å². The summed E-state index contributed by atoms with van der Waals surface area (Å²) in [4.78, 5) is 16.0. The summed E-state index contributed by atoms with van der Waals surface area (Å²) in [5, 5.41) is 12.8. The van der Waals surface area contributed by atoms with Crippen molar-refractivity contribution in [2.45, 2.75) is 38.6 Å². The quantitative estimate of drug-likeness (QED) is 0.902. The third-order valence-electron chi connectivity index (χ3n) is 4.17. The van der Waals surface area contributed by atoms with Gasteiger partial charge in [-0.15, -0.1) is 0 Å². The van der Waals surface area contributed by atoms with Crippen LogP contribution in [-0.4, -0.2) is 26.5 Å². The Morgan fingerprint density at radius 3 is 2.95 bits per heavy atom. The lowest BCUT2D eigenvalue weighted by molar-refractivity contribution is 0.0690. The highest BCUT2D eigenvalue weighted by Gasteiger charge is 2.25. The number of anilines is 1. The summed E-state index contributed by atoms with van der Waals surface area (Å²) < 4.78 is 1.62. The summed E-state index contributed by atoms with van der Waals surface area (Å²) in [6, 6.07) is 5.81. The minimum atomic E-state index is -0.949. The van der Waals surface area contributed by atoms with Crippen LogP contribution >= 0.6 is 0 Å². The Balaban J connectivity index is 1.98. The lowest BCUT2D eigenvalue weighted by atomic mass is 9.86.